The number of amides is 1. The summed E-state index contributed by atoms with van der Waals surface area (Å²) in [5.41, 5.74) is 7.46. The van der Waals surface area contributed by atoms with Crippen molar-refractivity contribution in [2.75, 3.05) is 18.8 Å². The fourth-order valence-electron chi connectivity index (χ4n) is 2.12. The predicted octanol–water partition coefficient (Wildman–Crippen LogP) is 1.40. The summed E-state index contributed by atoms with van der Waals surface area (Å²) in [6, 6.07) is 3.63. The van der Waals surface area contributed by atoms with Gasteiger partial charge in [-0.1, -0.05) is 0 Å². The van der Waals surface area contributed by atoms with E-state index in [0.717, 1.165) is 11.3 Å². The van der Waals surface area contributed by atoms with Gasteiger partial charge in [0.15, 0.2) is 0 Å². The van der Waals surface area contributed by atoms with Gasteiger partial charge < -0.3 is 15.2 Å². The molecule has 0 aliphatic rings. The summed E-state index contributed by atoms with van der Waals surface area (Å²) in [6.07, 6.45) is 5.03. The van der Waals surface area contributed by atoms with Crippen molar-refractivity contribution < 1.29 is 4.79 Å². The minimum absolute atomic E-state index is 0.0799. The second-order valence-corrected chi connectivity index (χ2v) is 4.44. The summed E-state index contributed by atoms with van der Waals surface area (Å²) in [7, 11) is 0. The van der Waals surface area contributed by atoms with Crippen LogP contribution in [0.2, 0.25) is 0 Å². The molecule has 2 N–H and O–H groups in total. The molecule has 0 aliphatic heterocycles. The monoisotopic (exact) mass is 273 g/mol. The Labute approximate surface area is 118 Å². The number of rotatable bonds is 5. The van der Waals surface area contributed by atoms with Gasteiger partial charge in [-0.15, -0.1) is 0 Å². The van der Waals surface area contributed by atoms with Gasteiger partial charge in [0.2, 0.25) is 5.91 Å². The number of carbonyl (C=O) groups excluding carboxylic acids is 1. The van der Waals surface area contributed by atoms with Crippen LogP contribution in [0.5, 0.6) is 0 Å². The standard InChI is InChI=1S/C14H19N5O/c1-3-18(4-2)14(20)9-19-10-16-8-12(19)11-5-6-17-13(15)7-11/h5-8,10H,3-4,9H2,1-2H3,(H2,15,17). The lowest BCUT2D eigenvalue weighted by Crippen LogP contribution is -2.33. The molecule has 2 rings (SSSR count). The number of pyridine rings is 1. The van der Waals surface area contributed by atoms with E-state index in [-0.39, 0.29) is 12.5 Å². The number of imidazole rings is 1. The molecule has 2 aromatic heterocycles. The number of carbonyl (C=O) groups is 1. The number of nitrogen functional groups attached to an aromatic ring is 1. The quantitative estimate of drug-likeness (QED) is 0.893. The minimum Gasteiger partial charge on any atom is -0.384 e. The van der Waals surface area contributed by atoms with E-state index in [4.69, 9.17) is 5.73 Å². The van der Waals surface area contributed by atoms with Crippen molar-refractivity contribution in [1.29, 1.82) is 0 Å². The zero-order valence-corrected chi connectivity index (χ0v) is 11.8. The first-order chi connectivity index (χ1) is 9.65. The van der Waals surface area contributed by atoms with Crippen molar-refractivity contribution in [2.24, 2.45) is 0 Å². The van der Waals surface area contributed by atoms with Gasteiger partial charge in [-0.25, -0.2) is 9.97 Å². The topological polar surface area (TPSA) is 77.0 Å². The third kappa shape index (κ3) is 2.96. The van der Waals surface area contributed by atoms with Crippen LogP contribution in [-0.2, 0) is 11.3 Å². The lowest BCUT2D eigenvalue weighted by atomic mass is 10.2. The predicted molar refractivity (Wildman–Crippen MR) is 77.8 cm³/mol. The number of hydrogen-bond acceptors (Lipinski definition) is 4. The van der Waals surface area contributed by atoms with Crippen LogP contribution in [0.1, 0.15) is 13.8 Å². The van der Waals surface area contributed by atoms with E-state index < -0.39 is 0 Å². The van der Waals surface area contributed by atoms with Crippen molar-refractivity contribution in [2.45, 2.75) is 20.4 Å². The normalized spacial score (nSPS) is 10.5. The van der Waals surface area contributed by atoms with E-state index in [1.54, 1.807) is 29.7 Å². The van der Waals surface area contributed by atoms with Crippen LogP contribution < -0.4 is 5.73 Å². The maximum Gasteiger partial charge on any atom is 0.242 e. The summed E-state index contributed by atoms with van der Waals surface area (Å²) in [5.74, 6) is 0.529. The molecular formula is C14H19N5O. The molecule has 6 heteroatoms. The van der Waals surface area contributed by atoms with Crippen molar-refractivity contribution in [3.63, 3.8) is 0 Å². The van der Waals surface area contributed by atoms with Gasteiger partial charge in [-0.2, -0.15) is 0 Å². The SMILES string of the molecule is CCN(CC)C(=O)Cn1cncc1-c1ccnc(N)c1. The number of hydrogen-bond donors (Lipinski definition) is 1. The lowest BCUT2D eigenvalue weighted by Gasteiger charge is -2.19. The molecule has 0 unspecified atom stereocenters. The smallest absolute Gasteiger partial charge is 0.242 e. The largest absolute Gasteiger partial charge is 0.384 e. The van der Waals surface area contributed by atoms with Gasteiger partial charge in [-0.3, -0.25) is 4.79 Å². The molecule has 0 aliphatic carbocycles. The van der Waals surface area contributed by atoms with Crippen LogP contribution in [0.25, 0.3) is 11.3 Å². The summed E-state index contributed by atoms with van der Waals surface area (Å²) >= 11 is 0. The average Bonchev–Trinajstić information content (AvgIpc) is 2.88. The van der Waals surface area contributed by atoms with Crippen LogP contribution in [-0.4, -0.2) is 38.4 Å². The van der Waals surface area contributed by atoms with Crippen LogP contribution in [0.4, 0.5) is 5.82 Å². The van der Waals surface area contributed by atoms with Gasteiger partial charge in [0.05, 0.1) is 18.2 Å². The fraction of sp³-hybridized carbons (Fsp3) is 0.357. The maximum absolute atomic E-state index is 12.2. The Kier molecular flexibility index (Phi) is 4.34. The molecule has 0 aromatic carbocycles. The van der Waals surface area contributed by atoms with Crippen LogP contribution in [0.3, 0.4) is 0 Å². The van der Waals surface area contributed by atoms with Gasteiger partial charge in [0, 0.05) is 24.8 Å². The zero-order valence-electron chi connectivity index (χ0n) is 11.8. The van der Waals surface area contributed by atoms with Crippen molar-refractivity contribution in [1.82, 2.24) is 19.4 Å². The van der Waals surface area contributed by atoms with Gasteiger partial charge in [0.25, 0.3) is 0 Å². The second-order valence-electron chi connectivity index (χ2n) is 4.44. The van der Waals surface area contributed by atoms with E-state index in [0.29, 0.717) is 18.9 Å². The first-order valence-electron chi connectivity index (χ1n) is 6.65. The molecule has 106 valence electrons. The lowest BCUT2D eigenvalue weighted by molar-refractivity contribution is -0.131. The van der Waals surface area contributed by atoms with E-state index in [2.05, 4.69) is 9.97 Å². The molecule has 2 heterocycles. The highest BCUT2D eigenvalue weighted by Gasteiger charge is 2.13. The molecule has 6 nitrogen and oxygen atoms in total. The first-order valence-corrected chi connectivity index (χ1v) is 6.65. The van der Waals surface area contributed by atoms with Crippen LogP contribution in [0.15, 0.2) is 30.9 Å². The Morgan fingerprint density at radius 1 is 1.40 bits per heavy atom. The Morgan fingerprint density at radius 3 is 2.80 bits per heavy atom. The summed E-state index contributed by atoms with van der Waals surface area (Å²) in [5, 5.41) is 0. The van der Waals surface area contributed by atoms with Crippen LogP contribution in [0, 0.1) is 0 Å². The fourth-order valence-corrected chi connectivity index (χ4v) is 2.12. The molecule has 1 amide bonds. The van der Waals surface area contributed by atoms with Gasteiger partial charge in [0.1, 0.15) is 12.4 Å². The highest BCUT2D eigenvalue weighted by atomic mass is 16.2. The molecule has 0 spiro atoms. The Bertz CT molecular complexity index is 589. The Hall–Kier alpha value is -2.37. The average molecular weight is 273 g/mol. The third-order valence-electron chi connectivity index (χ3n) is 3.21. The van der Waals surface area contributed by atoms with Crippen molar-refractivity contribution >= 4 is 11.7 Å². The van der Waals surface area contributed by atoms with E-state index in [1.165, 1.54) is 0 Å². The molecule has 0 saturated carbocycles. The van der Waals surface area contributed by atoms with Gasteiger partial charge in [-0.05, 0) is 26.0 Å². The summed E-state index contributed by atoms with van der Waals surface area (Å²) < 4.78 is 1.83. The third-order valence-corrected chi connectivity index (χ3v) is 3.21. The second kappa shape index (κ2) is 6.18. The van der Waals surface area contributed by atoms with Crippen LogP contribution >= 0.6 is 0 Å². The molecular weight excluding hydrogens is 254 g/mol. The van der Waals surface area contributed by atoms with E-state index in [9.17, 15) is 4.79 Å². The first kappa shape index (κ1) is 14.0. The number of likely N-dealkylation sites (N-methyl/N-ethyl adjacent to an activating group) is 1. The zero-order chi connectivity index (χ0) is 14.5. The maximum atomic E-state index is 12.2. The Balaban J connectivity index is 2.23. The highest BCUT2D eigenvalue weighted by molar-refractivity contribution is 5.77. The van der Waals surface area contributed by atoms with Gasteiger partial charge >= 0.3 is 0 Å². The molecule has 0 atom stereocenters. The molecule has 0 saturated heterocycles. The molecule has 2 aromatic rings. The molecule has 0 radical (unpaired) electrons. The number of aromatic nitrogens is 3. The van der Waals surface area contributed by atoms with E-state index >= 15 is 0 Å². The van der Waals surface area contributed by atoms with Crippen molar-refractivity contribution in [3.8, 4) is 11.3 Å². The van der Waals surface area contributed by atoms with E-state index in [1.807, 2.05) is 24.5 Å². The number of nitrogens with two attached hydrogens (primary N) is 1. The molecule has 0 fully saturated rings. The highest BCUT2D eigenvalue weighted by Crippen LogP contribution is 2.20. The summed E-state index contributed by atoms with van der Waals surface area (Å²) in [4.78, 5) is 22.1. The molecule has 0 bridgehead atoms. The van der Waals surface area contributed by atoms with Crippen molar-refractivity contribution in [3.05, 3.63) is 30.9 Å². The number of anilines is 1. The number of nitrogens with zero attached hydrogens (tertiary/aromatic N) is 4. The summed E-state index contributed by atoms with van der Waals surface area (Å²) in [6.45, 7) is 5.64. The Morgan fingerprint density at radius 2 is 2.15 bits per heavy atom. The molecule has 20 heavy (non-hydrogen) atoms. The minimum atomic E-state index is 0.0799.